The molecule has 0 spiro atoms. The van der Waals surface area contributed by atoms with E-state index < -0.39 is 0 Å². The van der Waals surface area contributed by atoms with Gasteiger partial charge in [-0.2, -0.15) is 0 Å². The number of hydrogen-bond acceptors (Lipinski definition) is 3. The van der Waals surface area contributed by atoms with Crippen molar-refractivity contribution < 1.29 is 9.53 Å². The molecule has 1 amide bonds. The molecule has 1 heterocycles. The Bertz CT molecular complexity index is 699. The highest BCUT2D eigenvalue weighted by Crippen LogP contribution is 2.15. The molecule has 2 aromatic carbocycles. The van der Waals surface area contributed by atoms with Gasteiger partial charge in [0.15, 0.2) is 0 Å². The maximum Gasteiger partial charge on any atom is 0.251 e. The van der Waals surface area contributed by atoms with E-state index in [9.17, 15) is 4.79 Å². The van der Waals surface area contributed by atoms with Gasteiger partial charge < -0.3 is 10.1 Å². The zero-order valence-corrected chi connectivity index (χ0v) is 14.5. The van der Waals surface area contributed by atoms with Gasteiger partial charge in [0.2, 0.25) is 0 Å². The minimum Gasteiger partial charge on any atom is -0.374 e. The number of nitrogens with one attached hydrogen (secondary N) is 1. The second-order valence-electron chi connectivity index (χ2n) is 6.92. The molecule has 128 valence electrons. The molecule has 0 saturated carbocycles. The molecule has 1 aliphatic rings. The Morgan fingerprint density at radius 2 is 2.04 bits per heavy atom. The summed E-state index contributed by atoms with van der Waals surface area (Å²) in [6.07, 6.45) is 0.0712. The Hall–Kier alpha value is -1.91. The summed E-state index contributed by atoms with van der Waals surface area (Å²) >= 11 is 0. The molecule has 1 saturated heterocycles. The number of carbonyl (C=O) groups excluding carboxylic acids is 1. The molecule has 4 nitrogen and oxygen atoms in total. The Balaban J connectivity index is 1.56. The lowest BCUT2D eigenvalue weighted by molar-refractivity contribution is -0.0295. The van der Waals surface area contributed by atoms with Crippen molar-refractivity contribution in [2.75, 3.05) is 32.8 Å². The van der Waals surface area contributed by atoms with Gasteiger partial charge in [0, 0.05) is 31.7 Å². The van der Waals surface area contributed by atoms with Crippen LogP contribution >= 0.6 is 0 Å². The van der Waals surface area contributed by atoms with Gasteiger partial charge in [-0.3, -0.25) is 9.69 Å². The smallest absolute Gasteiger partial charge is 0.251 e. The second kappa shape index (κ2) is 7.77. The monoisotopic (exact) mass is 326 g/mol. The van der Waals surface area contributed by atoms with E-state index in [1.807, 2.05) is 36.4 Å². The van der Waals surface area contributed by atoms with Crippen molar-refractivity contribution in [2.45, 2.75) is 20.0 Å². The van der Waals surface area contributed by atoms with Crippen LogP contribution in [0.1, 0.15) is 24.2 Å². The lowest BCUT2D eigenvalue weighted by atomic mass is 10.1. The summed E-state index contributed by atoms with van der Waals surface area (Å²) in [4.78, 5) is 14.8. The zero-order valence-electron chi connectivity index (χ0n) is 14.5. The van der Waals surface area contributed by atoms with Crippen LogP contribution in [0.5, 0.6) is 0 Å². The van der Waals surface area contributed by atoms with Crippen molar-refractivity contribution in [1.82, 2.24) is 10.2 Å². The highest BCUT2D eigenvalue weighted by molar-refractivity contribution is 5.98. The van der Waals surface area contributed by atoms with Crippen LogP contribution in [0.15, 0.2) is 42.5 Å². The van der Waals surface area contributed by atoms with Crippen molar-refractivity contribution in [3.63, 3.8) is 0 Å². The first-order chi connectivity index (χ1) is 11.6. The molecule has 1 atom stereocenters. The first-order valence-electron chi connectivity index (χ1n) is 8.73. The number of fused-ring (bicyclic) bond motifs is 1. The van der Waals surface area contributed by atoms with Crippen LogP contribution < -0.4 is 5.32 Å². The van der Waals surface area contributed by atoms with E-state index in [1.54, 1.807) is 0 Å². The summed E-state index contributed by atoms with van der Waals surface area (Å²) in [6.45, 7) is 8.70. The second-order valence-corrected chi connectivity index (χ2v) is 6.92. The van der Waals surface area contributed by atoms with Gasteiger partial charge >= 0.3 is 0 Å². The normalized spacial score (nSPS) is 18.9. The summed E-state index contributed by atoms with van der Waals surface area (Å²) in [5, 5.41) is 5.25. The van der Waals surface area contributed by atoms with Gasteiger partial charge in [0.05, 0.1) is 12.7 Å². The van der Waals surface area contributed by atoms with E-state index >= 15 is 0 Å². The quantitative estimate of drug-likeness (QED) is 0.918. The van der Waals surface area contributed by atoms with E-state index in [-0.39, 0.29) is 12.0 Å². The molecule has 0 aromatic heterocycles. The summed E-state index contributed by atoms with van der Waals surface area (Å²) in [6, 6.07) is 13.9. The number of ether oxygens (including phenoxy) is 1. The van der Waals surface area contributed by atoms with E-state index in [2.05, 4.69) is 30.1 Å². The minimum absolute atomic E-state index is 0.0367. The number of morpholine rings is 1. The standard InChI is InChI=1S/C20H26N2O2/c1-15(2)13-22-9-10-24-19(14-22)12-21-20(23)18-8-7-16-5-3-4-6-17(16)11-18/h3-8,11,15,19H,9-10,12-14H2,1-2H3,(H,21,23). The Morgan fingerprint density at radius 1 is 1.25 bits per heavy atom. The van der Waals surface area contributed by atoms with Gasteiger partial charge in [0.1, 0.15) is 0 Å². The van der Waals surface area contributed by atoms with Gasteiger partial charge in [0.25, 0.3) is 5.91 Å². The molecule has 2 aromatic rings. The highest BCUT2D eigenvalue weighted by Gasteiger charge is 2.21. The summed E-state index contributed by atoms with van der Waals surface area (Å²) in [7, 11) is 0. The average Bonchev–Trinajstić information content (AvgIpc) is 2.59. The zero-order chi connectivity index (χ0) is 16.9. The maximum atomic E-state index is 12.4. The molecule has 1 aliphatic heterocycles. The van der Waals surface area contributed by atoms with Crippen molar-refractivity contribution >= 4 is 16.7 Å². The minimum atomic E-state index is -0.0367. The van der Waals surface area contributed by atoms with Gasteiger partial charge in [-0.05, 0) is 28.8 Å². The molecule has 1 fully saturated rings. The largest absolute Gasteiger partial charge is 0.374 e. The first-order valence-corrected chi connectivity index (χ1v) is 8.73. The van der Waals surface area contributed by atoms with E-state index in [0.717, 1.165) is 37.0 Å². The Labute approximate surface area is 143 Å². The van der Waals surface area contributed by atoms with E-state index in [4.69, 9.17) is 4.74 Å². The fourth-order valence-electron chi connectivity index (χ4n) is 3.23. The topological polar surface area (TPSA) is 41.6 Å². The molecule has 4 heteroatoms. The molecule has 3 rings (SSSR count). The SMILES string of the molecule is CC(C)CN1CCOC(CNC(=O)c2ccc3ccccc3c2)C1. The van der Waals surface area contributed by atoms with Crippen LogP contribution in [0, 0.1) is 5.92 Å². The van der Waals surface area contributed by atoms with Gasteiger partial charge in [-0.15, -0.1) is 0 Å². The maximum absolute atomic E-state index is 12.4. The van der Waals surface area contributed by atoms with Gasteiger partial charge in [-0.1, -0.05) is 44.2 Å². The molecule has 0 radical (unpaired) electrons. The molecule has 1 N–H and O–H groups in total. The van der Waals surface area contributed by atoms with Crippen LogP contribution in [-0.4, -0.2) is 49.7 Å². The molecule has 0 bridgehead atoms. The third-order valence-corrected chi connectivity index (χ3v) is 4.35. The lowest BCUT2D eigenvalue weighted by Gasteiger charge is -2.33. The van der Waals surface area contributed by atoms with Crippen LogP contribution in [0.25, 0.3) is 10.8 Å². The Kier molecular flexibility index (Phi) is 5.48. The number of hydrogen-bond donors (Lipinski definition) is 1. The highest BCUT2D eigenvalue weighted by atomic mass is 16.5. The molecule has 24 heavy (non-hydrogen) atoms. The average molecular weight is 326 g/mol. The van der Waals surface area contributed by atoms with Crippen LogP contribution in [-0.2, 0) is 4.74 Å². The van der Waals surface area contributed by atoms with Gasteiger partial charge in [-0.25, -0.2) is 0 Å². The number of rotatable bonds is 5. The van der Waals surface area contributed by atoms with Crippen molar-refractivity contribution in [1.29, 1.82) is 0 Å². The summed E-state index contributed by atoms with van der Waals surface area (Å²) in [5.74, 6) is 0.612. The van der Waals surface area contributed by atoms with Crippen LogP contribution in [0.2, 0.25) is 0 Å². The fourth-order valence-corrected chi connectivity index (χ4v) is 3.23. The molecular weight excluding hydrogens is 300 g/mol. The first kappa shape index (κ1) is 16.9. The number of amides is 1. The van der Waals surface area contributed by atoms with Crippen molar-refractivity contribution in [2.24, 2.45) is 5.92 Å². The third-order valence-electron chi connectivity index (χ3n) is 4.35. The van der Waals surface area contributed by atoms with Crippen molar-refractivity contribution in [3.05, 3.63) is 48.0 Å². The van der Waals surface area contributed by atoms with E-state index in [0.29, 0.717) is 18.0 Å². The fraction of sp³-hybridized carbons (Fsp3) is 0.450. The van der Waals surface area contributed by atoms with E-state index in [1.165, 1.54) is 0 Å². The molecule has 1 unspecified atom stereocenters. The lowest BCUT2D eigenvalue weighted by Crippen LogP contribution is -2.48. The van der Waals surface area contributed by atoms with Crippen LogP contribution in [0.3, 0.4) is 0 Å². The van der Waals surface area contributed by atoms with Crippen molar-refractivity contribution in [3.8, 4) is 0 Å². The molecular formula is C20H26N2O2. The number of carbonyl (C=O) groups is 1. The summed E-state index contributed by atoms with van der Waals surface area (Å²) < 4.78 is 5.79. The third kappa shape index (κ3) is 4.34. The predicted octanol–water partition coefficient (Wildman–Crippen LogP) is 2.93. The number of nitrogens with zero attached hydrogens (tertiary/aromatic N) is 1. The Morgan fingerprint density at radius 3 is 2.83 bits per heavy atom. The summed E-state index contributed by atoms with van der Waals surface area (Å²) in [5.41, 5.74) is 0.698. The molecule has 0 aliphatic carbocycles. The van der Waals surface area contributed by atoms with Crippen LogP contribution in [0.4, 0.5) is 0 Å². The predicted molar refractivity (Wildman–Crippen MR) is 97.3 cm³/mol. The number of benzene rings is 2.